The van der Waals surface area contributed by atoms with E-state index in [-0.39, 0.29) is 0 Å². The molecule has 1 aromatic carbocycles. The van der Waals surface area contributed by atoms with Crippen LogP contribution in [0, 0.1) is 6.92 Å². The Bertz CT molecular complexity index is 720. The third-order valence-electron chi connectivity index (χ3n) is 2.98. The quantitative estimate of drug-likeness (QED) is 0.689. The number of aromatic nitrogens is 4. The van der Waals surface area contributed by atoms with Crippen molar-refractivity contribution in [3.8, 4) is 5.69 Å². The van der Waals surface area contributed by atoms with E-state index in [0.717, 1.165) is 34.4 Å². The summed E-state index contributed by atoms with van der Waals surface area (Å²) < 4.78 is 1.76. The van der Waals surface area contributed by atoms with E-state index < -0.39 is 0 Å². The SMILES string of the molecule is Cc1ccc2cccc(-n3cc(CCCl)nn3)c2n1. The molecule has 19 heavy (non-hydrogen) atoms. The van der Waals surface area contributed by atoms with Crippen LogP contribution in [0.15, 0.2) is 36.5 Å². The smallest absolute Gasteiger partial charge is 0.0962 e. The third kappa shape index (κ3) is 2.31. The minimum Gasteiger partial charge on any atom is -0.251 e. The highest BCUT2D eigenvalue weighted by molar-refractivity contribution is 6.17. The first-order valence-corrected chi connectivity index (χ1v) is 6.65. The monoisotopic (exact) mass is 272 g/mol. The van der Waals surface area contributed by atoms with Gasteiger partial charge in [0, 0.05) is 23.4 Å². The van der Waals surface area contributed by atoms with Crippen LogP contribution in [0.2, 0.25) is 0 Å². The molecule has 2 heterocycles. The summed E-state index contributed by atoms with van der Waals surface area (Å²) in [5.74, 6) is 0.547. The van der Waals surface area contributed by atoms with Gasteiger partial charge in [-0.3, -0.25) is 4.98 Å². The second-order valence-corrected chi connectivity index (χ2v) is 4.77. The average Bonchev–Trinajstić information content (AvgIpc) is 2.87. The largest absolute Gasteiger partial charge is 0.251 e. The number of hydrogen-bond donors (Lipinski definition) is 0. The summed E-state index contributed by atoms with van der Waals surface area (Å²) in [6, 6.07) is 10.1. The molecular weight excluding hydrogens is 260 g/mol. The molecule has 0 amide bonds. The van der Waals surface area contributed by atoms with Gasteiger partial charge in [0.2, 0.25) is 0 Å². The maximum Gasteiger partial charge on any atom is 0.0962 e. The van der Waals surface area contributed by atoms with E-state index in [9.17, 15) is 0 Å². The molecular formula is C14H13ClN4. The summed E-state index contributed by atoms with van der Waals surface area (Å²) >= 11 is 5.72. The van der Waals surface area contributed by atoms with Crippen molar-refractivity contribution in [2.75, 3.05) is 5.88 Å². The molecule has 0 bridgehead atoms. The fourth-order valence-electron chi connectivity index (χ4n) is 2.04. The molecule has 0 aliphatic rings. The van der Waals surface area contributed by atoms with E-state index in [0.29, 0.717) is 5.88 Å². The first-order valence-electron chi connectivity index (χ1n) is 6.12. The van der Waals surface area contributed by atoms with Gasteiger partial charge in [-0.1, -0.05) is 23.4 Å². The summed E-state index contributed by atoms with van der Waals surface area (Å²) in [5, 5.41) is 9.36. The zero-order valence-electron chi connectivity index (χ0n) is 10.5. The maximum atomic E-state index is 5.72. The van der Waals surface area contributed by atoms with Gasteiger partial charge >= 0.3 is 0 Å². The van der Waals surface area contributed by atoms with Gasteiger partial charge in [0.05, 0.1) is 23.1 Å². The number of aryl methyl sites for hydroxylation is 2. The fraction of sp³-hybridized carbons (Fsp3) is 0.214. The Labute approximate surface area is 116 Å². The van der Waals surface area contributed by atoms with Crippen molar-refractivity contribution in [1.82, 2.24) is 20.0 Å². The van der Waals surface area contributed by atoms with Crippen molar-refractivity contribution in [2.24, 2.45) is 0 Å². The Morgan fingerprint density at radius 3 is 2.95 bits per heavy atom. The van der Waals surface area contributed by atoms with Gasteiger partial charge in [-0.15, -0.1) is 16.7 Å². The molecule has 0 saturated carbocycles. The van der Waals surface area contributed by atoms with E-state index in [1.54, 1.807) is 4.68 Å². The molecule has 0 radical (unpaired) electrons. The number of halogens is 1. The van der Waals surface area contributed by atoms with Crippen molar-refractivity contribution in [3.05, 3.63) is 47.9 Å². The van der Waals surface area contributed by atoms with Gasteiger partial charge in [0.25, 0.3) is 0 Å². The first-order chi connectivity index (χ1) is 9.28. The molecule has 0 saturated heterocycles. The summed E-state index contributed by atoms with van der Waals surface area (Å²) in [6.07, 6.45) is 2.62. The van der Waals surface area contributed by atoms with Crippen molar-refractivity contribution in [3.63, 3.8) is 0 Å². The van der Waals surface area contributed by atoms with E-state index in [1.165, 1.54) is 0 Å². The van der Waals surface area contributed by atoms with Gasteiger partial charge in [-0.2, -0.15) is 0 Å². The molecule has 0 N–H and O–H groups in total. The molecule has 3 rings (SSSR count). The lowest BCUT2D eigenvalue weighted by Crippen LogP contribution is -1.98. The first kappa shape index (κ1) is 12.1. The molecule has 0 spiro atoms. The molecule has 0 atom stereocenters. The summed E-state index contributed by atoms with van der Waals surface area (Å²) in [4.78, 5) is 4.59. The molecule has 0 aliphatic carbocycles. The lowest BCUT2D eigenvalue weighted by molar-refractivity contribution is 0.801. The topological polar surface area (TPSA) is 43.6 Å². The van der Waals surface area contributed by atoms with Crippen LogP contribution in [0.25, 0.3) is 16.6 Å². The van der Waals surface area contributed by atoms with Gasteiger partial charge in [0.1, 0.15) is 0 Å². The highest BCUT2D eigenvalue weighted by atomic mass is 35.5. The summed E-state index contributed by atoms with van der Waals surface area (Å²) in [7, 11) is 0. The lowest BCUT2D eigenvalue weighted by Gasteiger charge is -2.05. The number of benzene rings is 1. The van der Waals surface area contributed by atoms with Gasteiger partial charge < -0.3 is 0 Å². The van der Waals surface area contributed by atoms with Crippen LogP contribution in [-0.2, 0) is 6.42 Å². The van der Waals surface area contributed by atoms with Gasteiger partial charge in [-0.25, -0.2) is 4.68 Å². The fourth-order valence-corrected chi connectivity index (χ4v) is 2.23. The van der Waals surface area contributed by atoms with Crippen LogP contribution >= 0.6 is 11.6 Å². The molecule has 2 aromatic heterocycles. The molecule has 96 valence electrons. The molecule has 4 nitrogen and oxygen atoms in total. The zero-order valence-corrected chi connectivity index (χ0v) is 11.3. The zero-order chi connectivity index (χ0) is 13.2. The Balaban J connectivity index is 2.15. The Kier molecular flexibility index (Phi) is 3.17. The second-order valence-electron chi connectivity index (χ2n) is 4.39. The Morgan fingerprint density at radius 2 is 2.11 bits per heavy atom. The van der Waals surface area contributed by atoms with Crippen LogP contribution in [-0.4, -0.2) is 25.9 Å². The second kappa shape index (κ2) is 4.97. The number of rotatable bonds is 3. The van der Waals surface area contributed by atoms with E-state index in [1.807, 2.05) is 37.4 Å². The van der Waals surface area contributed by atoms with Crippen LogP contribution in [0.3, 0.4) is 0 Å². The van der Waals surface area contributed by atoms with E-state index >= 15 is 0 Å². The minimum atomic E-state index is 0.547. The molecule has 0 unspecified atom stereocenters. The lowest BCUT2D eigenvalue weighted by atomic mass is 10.2. The van der Waals surface area contributed by atoms with Crippen molar-refractivity contribution < 1.29 is 0 Å². The number of fused-ring (bicyclic) bond motifs is 1. The molecule has 0 fully saturated rings. The summed E-state index contributed by atoms with van der Waals surface area (Å²) in [6.45, 7) is 1.98. The average molecular weight is 273 g/mol. The highest BCUT2D eigenvalue weighted by Crippen LogP contribution is 2.20. The molecule has 5 heteroatoms. The Hall–Kier alpha value is -1.94. The Morgan fingerprint density at radius 1 is 1.21 bits per heavy atom. The highest BCUT2D eigenvalue weighted by Gasteiger charge is 2.07. The van der Waals surface area contributed by atoms with Crippen LogP contribution in [0.1, 0.15) is 11.4 Å². The predicted molar refractivity (Wildman–Crippen MR) is 75.8 cm³/mol. The molecule has 3 aromatic rings. The maximum absolute atomic E-state index is 5.72. The van der Waals surface area contributed by atoms with E-state index in [4.69, 9.17) is 11.6 Å². The van der Waals surface area contributed by atoms with Gasteiger partial charge in [0.15, 0.2) is 0 Å². The predicted octanol–water partition coefficient (Wildman–Crippen LogP) is 2.91. The number of nitrogens with zero attached hydrogens (tertiary/aromatic N) is 4. The normalized spacial score (nSPS) is 11.1. The van der Waals surface area contributed by atoms with Crippen molar-refractivity contribution >= 4 is 22.5 Å². The van der Waals surface area contributed by atoms with Gasteiger partial charge in [-0.05, 0) is 19.1 Å². The molecule has 0 aliphatic heterocycles. The minimum absolute atomic E-state index is 0.547. The standard InChI is InChI=1S/C14H13ClN4/c1-10-5-6-11-3-2-4-13(14(11)16-10)19-9-12(7-8-15)17-18-19/h2-6,9H,7-8H2,1H3. The number of pyridine rings is 1. The van der Waals surface area contributed by atoms with Crippen LogP contribution in [0.5, 0.6) is 0 Å². The number of hydrogen-bond acceptors (Lipinski definition) is 3. The number of para-hydroxylation sites is 1. The van der Waals surface area contributed by atoms with Crippen molar-refractivity contribution in [1.29, 1.82) is 0 Å². The van der Waals surface area contributed by atoms with Crippen LogP contribution in [0.4, 0.5) is 0 Å². The number of alkyl halides is 1. The van der Waals surface area contributed by atoms with Crippen LogP contribution < -0.4 is 0 Å². The van der Waals surface area contributed by atoms with E-state index in [2.05, 4.69) is 21.4 Å². The van der Waals surface area contributed by atoms with Crippen molar-refractivity contribution in [2.45, 2.75) is 13.3 Å². The third-order valence-corrected chi connectivity index (χ3v) is 3.17. The summed E-state index contributed by atoms with van der Waals surface area (Å²) in [5.41, 5.74) is 3.75.